The number of esters is 3. The van der Waals surface area contributed by atoms with Crippen molar-refractivity contribution in [2.75, 3.05) is 13.2 Å². The van der Waals surface area contributed by atoms with E-state index < -0.39 is 67.3 Å². The van der Waals surface area contributed by atoms with E-state index in [9.17, 15) is 34.5 Å². The van der Waals surface area contributed by atoms with Gasteiger partial charge in [0.25, 0.3) is 0 Å². The lowest BCUT2D eigenvalue weighted by molar-refractivity contribution is -0.301. The number of hydrogen-bond donors (Lipinski definition) is 3. The smallest absolute Gasteiger partial charge is 0.335 e. The molecule has 1 aliphatic heterocycles. The Labute approximate surface area is 481 Å². The summed E-state index contributed by atoms with van der Waals surface area (Å²) in [6, 6.07) is 0. The predicted octanol–water partition coefficient (Wildman–Crippen LogP) is 17.1. The summed E-state index contributed by atoms with van der Waals surface area (Å²) in [5.41, 5.74) is 0. The molecule has 0 aliphatic carbocycles. The van der Waals surface area contributed by atoms with Gasteiger partial charge in [0.1, 0.15) is 18.8 Å². The maximum Gasteiger partial charge on any atom is 0.335 e. The Morgan fingerprint density at radius 3 is 1.18 bits per heavy atom. The van der Waals surface area contributed by atoms with Crippen molar-refractivity contribution >= 4 is 23.9 Å². The second kappa shape index (κ2) is 55.0. The minimum atomic E-state index is -1.90. The molecule has 1 saturated heterocycles. The SMILES string of the molecule is CCCCC/C=C\C/C=C\C/C=C\CCCCCCCCC(=O)OCC(COC1OC(C(=O)O)C(O)C(O)C1OC(=O)CCCCCCCCCCCCC)OC(=O)CCCCCCCCCCC/C=C\C/C=C\CCCCC. The first-order valence-electron chi connectivity index (χ1n) is 32.3. The van der Waals surface area contributed by atoms with Crippen molar-refractivity contribution in [3.05, 3.63) is 60.8 Å². The summed E-state index contributed by atoms with van der Waals surface area (Å²) in [5.74, 6) is -3.12. The number of carbonyl (C=O) groups excluding carboxylic acids is 3. The molecule has 0 aromatic carbocycles. The summed E-state index contributed by atoms with van der Waals surface area (Å²) in [6.45, 7) is 5.94. The third-order valence-electron chi connectivity index (χ3n) is 14.6. The molecule has 0 aromatic rings. The molecule has 0 aromatic heterocycles. The Kier molecular flexibility index (Phi) is 51.1. The van der Waals surface area contributed by atoms with Crippen LogP contribution in [-0.2, 0) is 42.9 Å². The van der Waals surface area contributed by atoms with Crippen molar-refractivity contribution in [2.24, 2.45) is 0 Å². The third-order valence-corrected chi connectivity index (χ3v) is 14.6. The molecular weight excluding hydrogens is 997 g/mol. The Balaban J connectivity index is 2.65. The highest BCUT2D eigenvalue weighted by Gasteiger charge is 2.50. The Bertz CT molecular complexity index is 1600. The summed E-state index contributed by atoms with van der Waals surface area (Å²) < 4.78 is 28.5. The van der Waals surface area contributed by atoms with Gasteiger partial charge < -0.3 is 39.0 Å². The number of aliphatic carboxylic acids is 1. The van der Waals surface area contributed by atoms with E-state index in [4.69, 9.17) is 23.7 Å². The van der Waals surface area contributed by atoms with E-state index in [1.54, 1.807) is 0 Å². The van der Waals surface area contributed by atoms with Crippen molar-refractivity contribution in [3.8, 4) is 0 Å². The van der Waals surface area contributed by atoms with Crippen LogP contribution >= 0.6 is 0 Å². The van der Waals surface area contributed by atoms with Gasteiger partial charge in [-0.05, 0) is 89.9 Å². The van der Waals surface area contributed by atoms with E-state index in [-0.39, 0.29) is 25.9 Å². The Morgan fingerprint density at radius 1 is 0.418 bits per heavy atom. The fourth-order valence-corrected chi connectivity index (χ4v) is 9.58. The van der Waals surface area contributed by atoms with Crippen LogP contribution in [0.3, 0.4) is 0 Å². The molecule has 1 aliphatic rings. The Hall–Kier alpha value is -3.58. The van der Waals surface area contributed by atoms with Crippen molar-refractivity contribution in [1.29, 1.82) is 0 Å². The molecule has 0 saturated carbocycles. The lowest BCUT2D eigenvalue weighted by atomic mass is 9.98. The van der Waals surface area contributed by atoms with E-state index in [2.05, 4.69) is 81.5 Å². The molecule has 1 heterocycles. The number of aliphatic hydroxyl groups is 2. The molecule has 1 rings (SSSR count). The zero-order chi connectivity index (χ0) is 57.5. The molecule has 0 spiro atoms. The largest absolute Gasteiger partial charge is 0.479 e. The number of aliphatic hydroxyl groups excluding tert-OH is 2. The van der Waals surface area contributed by atoms with Gasteiger partial charge in [0.15, 0.2) is 24.6 Å². The molecule has 12 nitrogen and oxygen atoms in total. The van der Waals surface area contributed by atoms with Gasteiger partial charge in [-0.25, -0.2) is 4.79 Å². The summed E-state index contributed by atoms with van der Waals surface area (Å²) in [7, 11) is 0. The molecule has 79 heavy (non-hydrogen) atoms. The molecule has 6 unspecified atom stereocenters. The normalized spacial score (nSPS) is 18.2. The van der Waals surface area contributed by atoms with Crippen LogP contribution in [-0.4, -0.2) is 89.2 Å². The maximum absolute atomic E-state index is 13.2. The van der Waals surface area contributed by atoms with Crippen LogP contribution < -0.4 is 0 Å². The molecule has 0 amide bonds. The van der Waals surface area contributed by atoms with Gasteiger partial charge >= 0.3 is 23.9 Å². The van der Waals surface area contributed by atoms with Gasteiger partial charge in [0.2, 0.25) is 0 Å². The number of ether oxygens (including phenoxy) is 5. The molecule has 6 atom stereocenters. The zero-order valence-electron chi connectivity index (χ0n) is 50.4. The zero-order valence-corrected chi connectivity index (χ0v) is 50.4. The average molecular weight is 1110 g/mol. The van der Waals surface area contributed by atoms with Crippen molar-refractivity contribution < 1.29 is 58.2 Å². The first kappa shape index (κ1) is 73.4. The van der Waals surface area contributed by atoms with Crippen LogP contribution in [0.25, 0.3) is 0 Å². The second-order valence-electron chi connectivity index (χ2n) is 22.0. The maximum atomic E-state index is 13.2. The van der Waals surface area contributed by atoms with E-state index in [0.717, 1.165) is 116 Å². The highest BCUT2D eigenvalue weighted by Crippen LogP contribution is 2.27. The van der Waals surface area contributed by atoms with Crippen LogP contribution in [0.2, 0.25) is 0 Å². The molecular formula is C67H116O12. The lowest BCUT2D eigenvalue weighted by Crippen LogP contribution is -2.61. The number of carbonyl (C=O) groups is 4. The van der Waals surface area contributed by atoms with E-state index in [1.807, 2.05) is 0 Å². The minimum Gasteiger partial charge on any atom is -0.479 e. The van der Waals surface area contributed by atoms with Crippen LogP contribution in [0, 0.1) is 0 Å². The molecule has 3 N–H and O–H groups in total. The van der Waals surface area contributed by atoms with Crippen LogP contribution in [0.4, 0.5) is 0 Å². The minimum absolute atomic E-state index is 0.0609. The van der Waals surface area contributed by atoms with Crippen LogP contribution in [0.1, 0.15) is 290 Å². The van der Waals surface area contributed by atoms with Crippen molar-refractivity contribution in [1.82, 2.24) is 0 Å². The monoisotopic (exact) mass is 1110 g/mol. The van der Waals surface area contributed by atoms with Gasteiger partial charge in [0, 0.05) is 19.3 Å². The standard InChI is InChI=1S/C67H116O12/c1-4-7-10-13-16-19-22-24-26-28-30-32-34-36-39-41-44-47-50-53-59(68)75-56-58(77-60(69)54-51-48-45-43-40-37-35-33-31-29-27-25-23-20-17-14-11-8-5-2)57-76-67-65(63(72)62(71)64(79-67)66(73)74)78-61(70)55-52-49-46-42-38-21-18-15-12-9-6-3/h16-17,19-20,24-27,30,32,58,62-65,67,71-72H,4-15,18,21-23,28-29,31,33-57H2,1-3H3,(H,73,74)/b19-16-,20-17-,26-24-,27-25-,32-30-. The van der Waals surface area contributed by atoms with Gasteiger partial charge in [-0.1, -0.05) is 242 Å². The van der Waals surface area contributed by atoms with Gasteiger partial charge in [-0.2, -0.15) is 0 Å². The number of allylic oxidation sites excluding steroid dienone is 10. The molecule has 0 radical (unpaired) electrons. The van der Waals surface area contributed by atoms with Gasteiger partial charge in [0.05, 0.1) is 6.61 Å². The number of unbranched alkanes of at least 4 members (excludes halogenated alkanes) is 31. The summed E-state index contributed by atoms with van der Waals surface area (Å²) in [4.78, 5) is 51.2. The van der Waals surface area contributed by atoms with Crippen molar-refractivity contribution in [2.45, 2.75) is 327 Å². The quantitative estimate of drug-likeness (QED) is 0.0228. The highest BCUT2D eigenvalue weighted by atomic mass is 16.7. The number of rotatable bonds is 55. The highest BCUT2D eigenvalue weighted by molar-refractivity contribution is 5.74. The second-order valence-corrected chi connectivity index (χ2v) is 22.0. The third kappa shape index (κ3) is 44.7. The predicted molar refractivity (Wildman–Crippen MR) is 322 cm³/mol. The van der Waals surface area contributed by atoms with Gasteiger partial charge in [-0.3, -0.25) is 14.4 Å². The van der Waals surface area contributed by atoms with Crippen LogP contribution in [0.5, 0.6) is 0 Å². The first-order valence-corrected chi connectivity index (χ1v) is 32.3. The lowest BCUT2D eigenvalue weighted by Gasteiger charge is -2.40. The fourth-order valence-electron chi connectivity index (χ4n) is 9.58. The fraction of sp³-hybridized carbons (Fsp3) is 0.791. The molecule has 0 bridgehead atoms. The summed E-state index contributed by atoms with van der Waals surface area (Å²) in [6.07, 6.45) is 56.1. The number of hydrogen-bond acceptors (Lipinski definition) is 11. The number of carboxylic acid groups (broad SMARTS) is 1. The summed E-state index contributed by atoms with van der Waals surface area (Å²) in [5, 5.41) is 31.5. The molecule has 12 heteroatoms. The molecule has 456 valence electrons. The van der Waals surface area contributed by atoms with Gasteiger partial charge in [-0.15, -0.1) is 0 Å². The Morgan fingerprint density at radius 2 is 0.759 bits per heavy atom. The van der Waals surface area contributed by atoms with E-state index in [0.29, 0.717) is 19.3 Å². The van der Waals surface area contributed by atoms with Crippen molar-refractivity contribution in [3.63, 3.8) is 0 Å². The first-order chi connectivity index (χ1) is 38.6. The summed E-state index contributed by atoms with van der Waals surface area (Å²) >= 11 is 0. The van der Waals surface area contributed by atoms with Crippen LogP contribution in [0.15, 0.2) is 60.8 Å². The van der Waals surface area contributed by atoms with E-state index >= 15 is 0 Å². The van der Waals surface area contributed by atoms with E-state index in [1.165, 1.54) is 116 Å². The average Bonchev–Trinajstić information content (AvgIpc) is 3.47. The topological polar surface area (TPSA) is 175 Å². The molecule has 1 fully saturated rings. The number of carboxylic acids is 1.